The van der Waals surface area contributed by atoms with Crippen molar-refractivity contribution in [2.45, 2.75) is 71.1 Å². The number of ketones is 1. The molecule has 0 heterocycles. The molecule has 0 spiro atoms. The lowest BCUT2D eigenvalue weighted by Crippen LogP contribution is -2.07. The van der Waals surface area contributed by atoms with Crippen molar-refractivity contribution < 1.29 is 19.4 Å². The third-order valence-corrected chi connectivity index (χ3v) is 5.31. The first-order chi connectivity index (χ1) is 12.5. The van der Waals surface area contributed by atoms with E-state index in [1.165, 1.54) is 26.4 Å². The number of rotatable bonds is 12. The summed E-state index contributed by atoms with van der Waals surface area (Å²) < 4.78 is 4.89. The first-order valence-electron chi connectivity index (χ1n) is 9.59. The minimum Gasteiger partial charge on any atom is -0.506 e. The van der Waals surface area contributed by atoms with E-state index in [1.54, 1.807) is 0 Å². The SMILES string of the molecule is CCCCCC/C=C/C1C(=O)C(Br)=C(O)/C1=C\CCCCCC(=O)OC. The van der Waals surface area contributed by atoms with Crippen LogP contribution in [-0.2, 0) is 14.3 Å². The van der Waals surface area contributed by atoms with Crippen molar-refractivity contribution in [2.24, 2.45) is 5.92 Å². The van der Waals surface area contributed by atoms with Gasteiger partial charge in [0.25, 0.3) is 0 Å². The molecule has 0 aromatic rings. The van der Waals surface area contributed by atoms with E-state index in [9.17, 15) is 14.7 Å². The molecular weight excluding hydrogens is 396 g/mol. The second-order valence-corrected chi connectivity index (χ2v) is 7.41. The van der Waals surface area contributed by atoms with Crippen LogP contribution in [0.2, 0.25) is 0 Å². The monoisotopic (exact) mass is 426 g/mol. The summed E-state index contributed by atoms with van der Waals surface area (Å²) in [6, 6.07) is 0. The third-order valence-electron chi connectivity index (χ3n) is 4.55. The lowest BCUT2D eigenvalue weighted by molar-refractivity contribution is -0.140. The van der Waals surface area contributed by atoms with Crippen molar-refractivity contribution in [2.75, 3.05) is 7.11 Å². The Morgan fingerprint density at radius 2 is 1.85 bits per heavy atom. The zero-order chi connectivity index (χ0) is 19.4. The van der Waals surface area contributed by atoms with Gasteiger partial charge in [-0.05, 0) is 48.0 Å². The number of aliphatic hydroxyl groups is 1. The summed E-state index contributed by atoms with van der Waals surface area (Å²) in [6.45, 7) is 2.19. The van der Waals surface area contributed by atoms with Crippen molar-refractivity contribution in [1.82, 2.24) is 0 Å². The smallest absolute Gasteiger partial charge is 0.305 e. The molecule has 0 aromatic heterocycles. The van der Waals surface area contributed by atoms with E-state index >= 15 is 0 Å². The van der Waals surface area contributed by atoms with Crippen molar-refractivity contribution in [3.63, 3.8) is 0 Å². The van der Waals surface area contributed by atoms with Crippen LogP contribution in [0.25, 0.3) is 0 Å². The molecule has 0 bridgehead atoms. The van der Waals surface area contributed by atoms with E-state index in [0.717, 1.165) is 38.5 Å². The van der Waals surface area contributed by atoms with Gasteiger partial charge in [0, 0.05) is 12.0 Å². The number of carbonyl (C=O) groups excluding carboxylic acids is 2. The van der Waals surface area contributed by atoms with E-state index in [2.05, 4.69) is 33.7 Å². The summed E-state index contributed by atoms with van der Waals surface area (Å²) in [5, 5.41) is 10.2. The summed E-state index contributed by atoms with van der Waals surface area (Å²) in [4.78, 5) is 23.4. The molecule has 5 heteroatoms. The van der Waals surface area contributed by atoms with Gasteiger partial charge in [-0.2, -0.15) is 0 Å². The fourth-order valence-corrected chi connectivity index (χ4v) is 3.43. The molecule has 0 aliphatic heterocycles. The molecule has 1 atom stereocenters. The van der Waals surface area contributed by atoms with Gasteiger partial charge >= 0.3 is 5.97 Å². The molecule has 0 saturated heterocycles. The Morgan fingerprint density at radius 3 is 2.54 bits per heavy atom. The van der Waals surface area contributed by atoms with Gasteiger partial charge in [0.05, 0.1) is 13.0 Å². The normalized spacial score (nSPS) is 19.1. The van der Waals surface area contributed by atoms with Crippen LogP contribution < -0.4 is 0 Å². The second-order valence-electron chi connectivity index (χ2n) is 6.62. The summed E-state index contributed by atoms with van der Waals surface area (Å²) >= 11 is 3.20. The van der Waals surface area contributed by atoms with Gasteiger partial charge in [-0.3, -0.25) is 9.59 Å². The van der Waals surface area contributed by atoms with Crippen molar-refractivity contribution in [1.29, 1.82) is 0 Å². The molecule has 146 valence electrons. The molecule has 1 unspecified atom stereocenters. The number of esters is 1. The lowest BCUT2D eigenvalue weighted by Gasteiger charge is -2.07. The van der Waals surface area contributed by atoms with Gasteiger partial charge in [-0.25, -0.2) is 0 Å². The third kappa shape index (κ3) is 7.48. The molecule has 0 saturated carbocycles. The fraction of sp³-hybridized carbons (Fsp3) is 0.619. The average molecular weight is 427 g/mol. The lowest BCUT2D eigenvalue weighted by atomic mass is 9.97. The topological polar surface area (TPSA) is 63.6 Å². The number of aliphatic hydroxyl groups excluding tert-OH is 1. The first kappa shape index (κ1) is 22.7. The van der Waals surface area contributed by atoms with Gasteiger partial charge in [0.2, 0.25) is 0 Å². The highest BCUT2D eigenvalue weighted by atomic mass is 79.9. The van der Waals surface area contributed by atoms with Crippen LogP contribution in [-0.4, -0.2) is 24.0 Å². The highest BCUT2D eigenvalue weighted by molar-refractivity contribution is 9.12. The van der Waals surface area contributed by atoms with Crippen LogP contribution in [0.5, 0.6) is 0 Å². The highest BCUT2D eigenvalue weighted by Crippen LogP contribution is 2.36. The molecule has 1 aliphatic carbocycles. The largest absolute Gasteiger partial charge is 0.506 e. The molecule has 0 amide bonds. The summed E-state index contributed by atoms with van der Waals surface area (Å²) in [6.07, 6.45) is 15.5. The number of unbranched alkanes of at least 4 members (excludes halogenated alkanes) is 7. The molecular formula is C21H31BrO4. The maximum absolute atomic E-state index is 12.3. The molecule has 1 aliphatic rings. The van der Waals surface area contributed by atoms with Gasteiger partial charge in [-0.15, -0.1) is 0 Å². The van der Waals surface area contributed by atoms with Gasteiger partial charge < -0.3 is 9.84 Å². The number of allylic oxidation sites excluding steroid dienone is 5. The predicted octanol–water partition coefficient (Wildman–Crippen LogP) is 5.93. The second kappa shape index (κ2) is 12.9. The Morgan fingerprint density at radius 1 is 1.15 bits per heavy atom. The van der Waals surface area contributed by atoms with Crippen LogP contribution in [0.3, 0.4) is 0 Å². The van der Waals surface area contributed by atoms with Gasteiger partial charge in [-0.1, -0.05) is 50.8 Å². The number of carbonyl (C=O) groups is 2. The zero-order valence-corrected chi connectivity index (χ0v) is 17.5. The van der Waals surface area contributed by atoms with Crippen molar-refractivity contribution >= 4 is 27.7 Å². The minimum absolute atomic E-state index is 0.0604. The molecule has 1 rings (SSSR count). The van der Waals surface area contributed by atoms with E-state index < -0.39 is 0 Å². The summed E-state index contributed by atoms with van der Waals surface area (Å²) in [5.74, 6) is -0.585. The quantitative estimate of drug-likeness (QED) is 0.238. The van der Waals surface area contributed by atoms with E-state index in [1.807, 2.05) is 12.2 Å². The number of Topliss-reactive ketones (excluding diaryl/α,β-unsaturated/α-hetero) is 1. The summed E-state index contributed by atoms with van der Waals surface area (Å²) in [7, 11) is 1.40. The maximum Gasteiger partial charge on any atom is 0.305 e. The standard InChI is InChI=1S/C21H31BrO4/c1-3-4-5-6-7-10-13-16-17(21(25)19(22)20(16)24)14-11-8-9-12-15-18(23)26-2/h10,13-14,16,25H,3-9,11-12,15H2,1-2H3/b13-10+,17-14-. The van der Waals surface area contributed by atoms with Gasteiger partial charge in [0.1, 0.15) is 10.2 Å². The van der Waals surface area contributed by atoms with Crippen molar-refractivity contribution in [3.8, 4) is 0 Å². The first-order valence-corrected chi connectivity index (χ1v) is 10.4. The molecule has 26 heavy (non-hydrogen) atoms. The van der Waals surface area contributed by atoms with Crippen LogP contribution in [0.4, 0.5) is 0 Å². The highest BCUT2D eigenvalue weighted by Gasteiger charge is 2.34. The maximum atomic E-state index is 12.3. The van der Waals surface area contributed by atoms with E-state index in [4.69, 9.17) is 0 Å². The van der Waals surface area contributed by atoms with E-state index in [-0.39, 0.29) is 27.9 Å². The van der Waals surface area contributed by atoms with Crippen LogP contribution in [0.15, 0.2) is 34.0 Å². The van der Waals surface area contributed by atoms with Crippen LogP contribution in [0.1, 0.15) is 71.1 Å². The van der Waals surface area contributed by atoms with E-state index in [0.29, 0.717) is 12.0 Å². The summed E-state index contributed by atoms with van der Waals surface area (Å²) in [5.41, 5.74) is 0.694. The molecule has 0 radical (unpaired) electrons. The number of hydrogen-bond acceptors (Lipinski definition) is 4. The zero-order valence-electron chi connectivity index (χ0n) is 15.9. The number of hydrogen-bond donors (Lipinski definition) is 1. The average Bonchev–Trinajstić information content (AvgIpc) is 2.84. The predicted molar refractivity (Wildman–Crippen MR) is 108 cm³/mol. The Balaban J connectivity index is 2.51. The molecule has 0 fully saturated rings. The van der Waals surface area contributed by atoms with Crippen LogP contribution >= 0.6 is 15.9 Å². The Bertz CT molecular complexity index is 560. The minimum atomic E-state index is -0.384. The molecule has 1 N–H and O–H groups in total. The Hall–Kier alpha value is -1.36. The van der Waals surface area contributed by atoms with Crippen LogP contribution in [0, 0.1) is 5.92 Å². The Labute approximate surface area is 165 Å². The van der Waals surface area contributed by atoms with Gasteiger partial charge in [0.15, 0.2) is 5.78 Å². The molecule has 4 nitrogen and oxygen atoms in total. The fourth-order valence-electron chi connectivity index (χ4n) is 2.95. The number of halogens is 1. The number of ether oxygens (including phenoxy) is 1. The number of methoxy groups -OCH3 is 1. The van der Waals surface area contributed by atoms with Crippen molar-refractivity contribution in [3.05, 3.63) is 34.0 Å². The molecule has 0 aromatic carbocycles. The Kier molecular flexibility index (Phi) is 11.3.